The number of carbonyl (C=O) groups is 1. The largest absolute Gasteiger partial charge is 0.352 e. The van der Waals surface area contributed by atoms with Crippen LogP contribution in [0.4, 0.5) is 4.79 Å². The predicted octanol–water partition coefficient (Wildman–Crippen LogP) is -0.976. The van der Waals surface area contributed by atoms with E-state index in [1.807, 2.05) is 0 Å². The highest BCUT2D eigenvalue weighted by Crippen LogP contribution is 1.25. The van der Waals surface area contributed by atoms with Crippen LogP contribution in [0.2, 0.25) is 1.41 Å². The number of hydrogen-bond acceptors (Lipinski definition) is 1. The van der Waals surface area contributed by atoms with Crippen LogP contribution in [0.15, 0.2) is 0 Å². The van der Waals surface area contributed by atoms with Gasteiger partial charge < -0.3 is 11.5 Å². The van der Waals surface area contributed by atoms with Crippen molar-refractivity contribution < 1.29 is 6.21 Å². The number of rotatable bonds is 0. The van der Waals surface area contributed by atoms with Crippen molar-refractivity contribution in [3.8, 4) is 0 Å². The number of amides is 2. The second-order valence-electron chi connectivity index (χ2n) is 0.364. The third-order valence-corrected chi connectivity index (χ3v) is 0. The van der Waals surface area contributed by atoms with Crippen molar-refractivity contribution in [2.75, 3.05) is 0 Å². The van der Waals surface area contributed by atoms with E-state index in [4.69, 9.17) is 1.41 Å². The summed E-state index contributed by atoms with van der Waals surface area (Å²) in [4.78, 5) is 9.29. The average Bonchev–Trinajstić information content (AvgIpc) is 1.38. The van der Waals surface area contributed by atoms with Gasteiger partial charge in [0.15, 0.2) is 1.41 Å². The molecule has 2 amide bonds. The van der Waals surface area contributed by atoms with Crippen LogP contribution in [0.5, 0.6) is 0 Å². The van der Waals surface area contributed by atoms with Crippen LogP contribution < -0.4 is 11.5 Å². The molecule has 0 fully saturated rings. The fourth-order valence-electron chi connectivity index (χ4n) is 0. The predicted molar refractivity (Wildman–Crippen MR) is 13.8 cm³/mol. The molecule has 24 valence electrons. The Morgan fingerprint density at radius 3 is 2.50 bits per heavy atom. The fraction of sp³-hybridized carbons (Fsp3) is 0. The van der Waals surface area contributed by atoms with Gasteiger partial charge in [0, 0.05) is 0 Å². The Labute approximate surface area is 25.0 Å². The minimum atomic E-state index is -0.829. The van der Waals surface area contributed by atoms with Gasteiger partial charge in [-0.05, 0) is 0 Å². The Morgan fingerprint density at radius 2 is 2.50 bits per heavy atom. The van der Waals surface area contributed by atoms with Gasteiger partial charge in [-0.3, -0.25) is 0 Å². The van der Waals surface area contributed by atoms with Gasteiger partial charge in [0.25, 0.3) is 0 Å². The number of primary amides is 2. The van der Waals surface area contributed by atoms with E-state index in [1.54, 1.807) is 0 Å². The third kappa shape index (κ3) is 0.174. The number of hydrogen-bond donors (Lipinski definition) is 2. The van der Waals surface area contributed by atoms with Gasteiger partial charge in [0.2, 0.25) is 0 Å². The van der Waals surface area contributed by atoms with Gasteiger partial charge in [-0.1, -0.05) is 0 Å². The molecule has 0 heterocycles. The van der Waals surface area contributed by atoms with Crippen LogP contribution in [0, 0.1) is 0 Å². The molecule has 3 heteroatoms. The van der Waals surface area contributed by atoms with Gasteiger partial charge in [-0.2, -0.15) is 0 Å². The molecule has 0 radical (unpaired) electrons. The molecule has 0 saturated heterocycles. The fourth-order valence-corrected chi connectivity index (χ4v) is 0. The molecule has 0 aromatic rings. The van der Waals surface area contributed by atoms with Crippen LogP contribution in [0.25, 0.3) is 0 Å². The Hall–Kier alpha value is -0.730. The molecule has 0 aromatic carbocycles. The van der Waals surface area contributed by atoms with Gasteiger partial charge >= 0.3 is 6.03 Å². The molecule has 0 rings (SSSR count). The summed E-state index contributed by atoms with van der Waals surface area (Å²) >= 11 is 0. The Kier molecular flexibility index (Phi) is 0.280. The SMILES string of the molecule is [3H]NC(N)=O. The third-order valence-electron chi connectivity index (χ3n) is 0. The van der Waals surface area contributed by atoms with Crippen LogP contribution in [-0.4, -0.2) is 6.03 Å². The highest BCUT2D eigenvalue weighted by Gasteiger charge is 1.60. The second kappa shape index (κ2) is 0.711. The maximum absolute atomic E-state index is 9.29. The van der Waals surface area contributed by atoms with Crippen LogP contribution in [0.1, 0.15) is 0 Å². The van der Waals surface area contributed by atoms with E-state index in [0.29, 0.717) is 0 Å². The number of nitrogens with two attached hydrogens (primary N) is 2. The Balaban J connectivity index is 2.85. The van der Waals surface area contributed by atoms with Crippen molar-refractivity contribution >= 4 is 6.03 Å². The van der Waals surface area contributed by atoms with E-state index in [2.05, 4.69) is 5.73 Å². The van der Waals surface area contributed by atoms with Gasteiger partial charge in [-0.25, -0.2) is 4.79 Å². The zero-order valence-corrected chi connectivity index (χ0v) is 1.99. The van der Waals surface area contributed by atoms with Crippen LogP contribution in [0.3, 0.4) is 0 Å². The summed E-state index contributed by atoms with van der Waals surface area (Å²) in [5.74, 6) is 0. The van der Waals surface area contributed by atoms with Crippen molar-refractivity contribution in [1.29, 1.82) is 0 Å². The Morgan fingerprint density at radius 1 is 2.25 bits per heavy atom. The monoisotopic (exact) mass is 62.0 g/mol. The van der Waals surface area contributed by atoms with Gasteiger partial charge in [0.05, 0.1) is 0 Å². The molecule has 0 aliphatic rings. The lowest BCUT2D eigenvalue weighted by Crippen LogP contribution is -2.18. The first-order valence-corrected chi connectivity index (χ1v) is 0.743. The molecule has 0 atom stereocenters. The van der Waals surface area contributed by atoms with Crippen molar-refractivity contribution in [2.24, 2.45) is 11.5 Å². The van der Waals surface area contributed by atoms with E-state index >= 15 is 0 Å². The van der Waals surface area contributed by atoms with Crippen molar-refractivity contribution in [3.63, 3.8) is 0 Å². The molecule has 3 nitrogen and oxygen atoms in total. The maximum atomic E-state index is 9.29. The standard InChI is InChI=1S/CH4N2O/c2-1(3)4/h(H4,2,3,4)/i/hT. The summed E-state index contributed by atoms with van der Waals surface area (Å²) in [6, 6.07) is -0.829. The summed E-state index contributed by atoms with van der Waals surface area (Å²) in [5.41, 5.74) is 5.77. The maximum Gasteiger partial charge on any atom is 0.309 e. The first-order chi connectivity index (χ1) is 2.27. The lowest BCUT2D eigenvalue weighted by atomic mass is 11.2. The molecule has 4 N–H and O–H groups in total. The zero-order valence-electron chi connectivity index (χ0n) is 2.99. The zero-order chi connectivity index (χ0) is 4.28. The summed E-state index contributed by atoms with van der Waals surface area (Å²) in [6.07, 6.45) is 0. The highest BCUT2D eigenvalue weighted by molar-refractivity contribution is 5.69. The minimum Gasteiger partial charge on any atom is -0.352 e. The lowest BCUT2D eigenvalue weighted by molar-refractivity contribution is 0.256. The molecule has 0 aromatic heterocycles. The molecule has 4 heavy (non-hydrogen) atoms. The van der Waals surface area contributed by atoms with Crippen molar-refractivity contribution in [3.05, 3.63) is 0 Å². The minimum absolute atomic E-state index is 0.829. The molecular formula is CH4N2O. The first-order valence-electron chi connectivity index (χ1n) is 1.24. The smallest absolute Gasteiger partial charge is 0.309 e. The summed E-state index contributed by atoms with van der Waals surface area (Å²) < 4.78 is 5.93. The van der Waals surface area contributed by atoms with Crippen LogP contribution >= 0.6 is 0 Å². The van der Waals surface area contributed by atoms with E-state index in [-0.39, 0.29) is 0 Å². The van der Waals surface area contributed by atoms with E-state index in [9.17, 15) is 4.79 Å². The molecular weight excluding hydrogens is 56.0 g/mol. The second-order valence-corrected chi connectivity index (χ2v) is 0.364. The van der Waals surface area contributed by atoms with Crippen molar-refractivity contribution in [2.45, 2.75) is 0 Å². The molecule has 0 aliphatic heterocycles. The topological polar surface area (TPSA) is 69.1 Å². The summed E-state index contributed by atoms with van der Waals surface area (Å²) in [5, 5.41) is 0. The first kappa shape index (κ1) is 1.58. The quantitative estimate of drug-likeness (QED) is 0.372. The molecule has 0 bridgehead atoms. The highest BCUT2D eigenvalue weighted by atomic mass is 16.2. The molecule has 0 aliphatic carbocycles. The van der Waals surface area contributed by atoms with E-state index < -0.39 is 6.03 Å². The summed E-state index contributed by atoms with van der Waals surface area (Å²) in [6.45, 7) is 0. The summed E-state index contributed by atoms with van der Waals surface area (Å²) in [7, 11) is 0. The number of carbonyl (C=O) groups excluding carboxylic acids is 1. The van der Waals surface area contributed by atoms with E-state index in [1.165, 1.54) is 5.73 Å². The van der Waals surface area contributed by atoms with Gasteiger partial charge in [0.1, 0.15) is 0 Å². The van der Waals surface area contributed by atoms with E-state index in [0.717, 1.165) is 0 Å². The molecule has 0 spiro atoms. The van der Waals surface area contributed by atoms with Crippen molar-refractivity contribution in [1.82, 2.24) is 0 Å². The van der Waals surface area contributed by atoms with Crippen LogP contribution in [-0.2, 0) is 0 Å². The van der Waals surface area contributed by atoms with Gasteiger partial charge in [-0.15, -0.1) is 0 Å². The number of urea groups is 1. The average molecular weight is 62.1 g/mol. The molecule has 0 saturated carbocycles. The normalized spacial score (nSPS) is 8.50. The lowest BCUT2D eigenvalue weighted by Gasteiger charge is -1.62. The Bertz CT molecular complexity index is 44.9. The molecule has 0 unspecified atom stereocenters.